The highest BCUT2D eigenvalue weighted by atomic mass is 14.6. The van der Waals surface area contributed by atoms with Gasteiger partial charge in [0.25, 0.3) is 0 Å². The largest absolute Gasteiger partial charge is 0.297 e. The van der Waals surface area contributed by atoms with Crippen LogP contribution in [-0.2, 0) is 0 Å². The second kappa shape index (κ2) is 10.2. The maximum Gasteiger partial charge on any atom is 0.0277 e. The van der Waals surface area contributed by atoms with Crippen LogP contribution in [0.4, 0.5) is 0 Å². The van der Waals surface area contributed by atoms with Crippen LogP contribution >= 0.6 is 0 Å². The van der Waals surface area contributed by atoms with E-state index in [4.69, 9.17) is 0 Å². The first-order chi connectivity index (χ1) is 8.91. The molecule has 19 heavy (non-hydrogen) atoms. The van der Waals surface area contributed by atoms with Crippen molar-refractivity contribution in [2.24, 2.45) is 22.2 Å². The molecular weight excluding hydrogens is 230 g/mol. The first kappa shape index (κ1) is 18.4. The number of rotatable bonds is 10. The molecule has 0 aliphatic rings. The lowest BCUT2D eigenvalue weighted by molar-refractivity contribution is 0.263. The van der Waals surface area contributed by atoms with E-state index in [0.717, 1.165) is 5.92 Å². The molecule has 0 spiro atoms. The van der Waals surface area contributed by atoms with Crippen molar-refractivity contribution in [1.82, 2.24) is 0 Å². The van der Waals surface area contributed by atoms with Crippen LogP contribution in [0.1, 0.15) is 73.1 Å². The van der Waals surface area contributed by atoms with E-state index in [9.17, 15) is 0 Å². The summed E-state index contributed by atoms with van der Waals surface area (Å²) in [7, 11) is 1.81. The Morgan fingerprint density at radius 2 is 1.79 bits per heavy atom. The molecule has 0 N–H and O–H groups in total. The van der Waals surface area contributed by atoms with Gasteiger partial charge in [-0.2, -0.15) is 0 Å². The zero-order chi connectivity index (χ0) is 14.7. The fraction of sp³-hybridized carbons (Fsp3) is 0.833. The Bertz CT molecular complexity index is 263. The maximum absolute atomic E-state index is 3.96. The highest BCUT2D eigenvalue weighted by Gasteiger charge is 2.18. The Hall–Kier alpha value is -0.590. The molecule has 1 heteroatoms. The summed E-state index contributed by atoms with van der Waals surface area (Å²) in [4.78, 5) is 3.96. The predicted molar refractivity (Wildman–Crippen MR) is 89.0 cm³/mol. The summed E-state index contributed by atoms with van der Waals surface area (Å²) in [6, 6.07) is 0. The van der Waals surface area contributed by atoms with Gasteiger partial charge in [-0.05, 0) is 42.6 Å². The van der Waals surface area contributed by atoms with Gasteiger partial charge < -0.3 is 0 Å². The van der Waals surface area contributed by atoms with Crippen molar-refractivity contribution in [2.75, 3.05) is 7.05 Å². The van der Waals surface area contributed by atoms with Crippen LogP contribution in [-0.4, -0.2) is 13.3 Å². The monoisotopic (exact) mass is 265 g/mol. The van der Waals surface area contributed by atoms with E-state index in [1.165, 1.54) is 38.5 Å². The average molecular weight is 265 g/mol. The van der Waals surface area contributed by atoms with Crippen molar-refractivity contribution in [3.63, 3.8) is 0 Å². The van der Waals surface area contributed by atoms with E-state index < -0.39 is 0 Å². The summed E-state index contributed by atoms with van der Waals surface area (Å²) in [6.07, 6.45) is 14.2. The van der Waals surface area contributed by atoms with Gasteiger partial charge >= 0.3 is 0 Å². The van der Waals surface area contributed by atoms with E-state index in [2.05, 4.69) is 51.8 Å². The van der Waals surface area contributed by atoms with Crippen molar-refractivity contribution in [3.05, 3.63) is 12.2 Å². The molecule has 0 bridgehead atoms. The maximum atomic E-state index is 3.96. The fourth-order valence-corrected chi connectivity index (χ4v) is 2.29. The molecule has 2 unspecified atom stereocenters. The summed E-state index contributed by atoms with van der Waals surface area (Å²) in [5, 5.41) is 0. The number of allylic oxidation sites excluding steroid dienone is 2. The van der Waals surface area contributed by atoms with Crippen LogP contribution in [0.2, 0.25) is 0 Å². The van der Waals surface area contributed by atoms with E-state index >= 15 is 0 Å². The van der Waals surface area contributed by atoms with E-state index in [1.54, 1.807) is 0 Å². The third-order valence-electron chi connectivity index (χ3n) is 4.20. The van der Waals surface area contributed by atoms with E-state index in [1.807, 2.05) is 13.3 Å². The number of aliphatic imine (C=N–C) groups is 1. The summed E-state index contributed by atoms with van der Waals surface area (Å²) < 4.78 is 0. The minimum atomic E-state index is 0.512. The van der Waals surface area contributed by atoms with Crippen LogP contribution in [0.5, 0.6) is 0 Å². The molecule has 0 aliphatic heterocycles. The molecule has 0 fully saturated rings. The van der Waals surface area contributed by atoms with E-state index in [0.29, 0.717) is 11.3 Å². The molecule has 0 rings (SSSR count). The molecule has 0 heterocycles. The fourth-order valence-electron chi connectivity index (χ4n) is 2.29. The molecule has 2 atom stereocenters. The molecule has 0 saturated carbocycles. The predicted octanol–water partition coefficient (Wildman–Crippen LogP) is 5.90. The SMILES string of the molecule is CCC(C)CCC(C)(C)CCCC(C)/C=C\C=N/C. The van der Waals surface area contributed by atoms with Crippen molar-refractivity contribution < 1.29 is 0 Å². The zero-order valence-electron chi connectivity index (χ0n) is 14.1. The van der Waals surface area contributed by atoms with Gasteiger partial charge in [0.2, 0.25) is 0 Å². The summed E-state index contributed by atoms with van der Waals surface area (Å²) in [5.74, 6) is 1.55. The lowest BCUT2D eigenvalue weighted by Gasteiger charge is -2.26. The molecule has 0 aromatic heterocycles. The van der Waals surface area contributed by atoms with Gasteiger partial charge in [0.15, 0.2) is 0 Å². The van der Waals surface area contributed by atoms with Gasteiger partial charge in [0, 0.05) is 13.3 Å². The van der Waals surface area contributed by atoms with Crippen molar-refractivity contribution in [3.8, 4) is 0 Å². The molecular formula is C18H35N. The van der Waals surface area contributed by atoms with Crippen LogP contribution in [0, 0.1) is 17.3 Å². The minimum absolute atomic E-state index is 0.512. The second-order valence-corrected chi connectivity index (χ2v) is 6.88. The standard InChI is InChI=1S/C18H35N/c1-7-16(2)12-14-18(4,5)13-8-10-17(3)11-9-15-19-6/h9,11,15-17H,7-8,10,12-14H2,1-6H3/b11-9-,19-15-. The topological polar surface area (TPSA) is 12.4 Å². The smallest absolute Gasteiger partial charge is 0.0277 e. The van der Waals surface area contributed by atoms with Crippen LogP contribution < -0.4 is 0 Å². The molecule has 0 aromatic rings. The molecule has 0 aromatic carbocycles. The molecule has 0 saturated heterocycles. The van der Waals surface area contributed by atoms with Crippen LogP contribution in [0.3, 0.4) is 0 Å². The molecule has 0 amide bonds. The molecule has 1 nitrogen and oxygen atoms in total. The minimum Gasteiger partial charge on any atom is -0.297 e. The Morgan fingerprint density at radius 1 is 1.11 bits per heavy atom. The van der Waals surface area contributed by atoms with Gasteiger partial charge in [-0.3, -0.25) is 4.99 Å². The van der Waals surface area contributed by atoms with Crippen LogP contribution in [0.15, 0.2) is 17.1 Å². The third kappa shape index (κ3) is 11.0. The first-order valence-electron chi connectivity index (χ1n) is 8.00. The number of nitrogens with zero attached hydrogens (tertiary/aromatic N) is 1. The van der Waals surface area contributed by atoms with Gasteiger partial charge in [-0.1, -0.05) is 60.0 Å². The van der Waals surface area contributed by atoms with Gasteiger partial charge in [0.05, 0.1) is 0 Å². The first-order valence-corrected chi connectivity index (χ1v) is 8.00. The van der Waals surface area contributed by atoms with E-state index in [-0.39, 0.29) is 0 Å². The summed E-state index contributed by atoms with van der Waals surface area (Å²) in [6.45, 7) is 11.8. The second-order valence-electron chi connectivity index (χ2n) is 6.88. The van der Waals surface area contributed by atoms with Crippen molar-refractivity contribution in [1.29, 1.82) is 0 Å². The zero-order valence-corrected chi connectivity index (χ0v) is 14.1. The van der Waals surface area contributed by atoms with Crippen molar-refractivity contribution >= 4 is 6.21 Å². The third-order valence-corrected chi connectivity index (χ3v) is 4.20. The van der Waals surface area contributed by atoms with Crippen molar-refractivity contribution in [2.45, 2.75) is 73.1 Å². The van der Waals surface area contributed by atoms with Gasteiger partial charge in [0.1, 0.15) is 0 Å². The molecule has 0 aliphatic carbocycles. The Morgan fingerprint density at radius 3 is 2.37 bits per heavy atom. The molecule has 0 radical (unpaired) electrons. The highest BCUT2D eigenvalue weighted by Crippen LogP contribution is 2.31. The average Bonchev–Trinajstić information content (AvgIpc) is 2.36. The Kier molecular flexibility index (Phi) is 9.91. The summed E-state index contributed by atoms with van der Waals surface area (Å²) in [5.41, 5.74) is 0.512. The Balaban J connectivity index is 3.84. The number of hydrogen-bond donors (Lipinski definition) is 0. The van der Waals surface area contributed by atoms with Gasteiger partial charge in [-0.15, -0.1) is 0 Å². The molecule has 112 valence electrons. The lowest BCUT2D eigenvalue weighted by Crippen LogP contribution is -2.13. The van der Waals surface area contributed by atoms with Crippen LogP contribution in [0.25, 0.3) is 0 Å². The highest BCUT2D eigenvalue weighted by molar-refractivity contribution is 5.70. The number of hydrogen-bond acceptors (Lipinski definition) is 1. The lowest BCUT2D eigenvalue weighted by atomic mass is 9.80. The normalized spacial score (nSPS) is 16.3. The Labute approximate surface area is 121 Å². The van der Waals surface area contributed by atoms with Gasteiger partial charge in [-0.25, -0.2) is 0 Å². The quantitative estimate of drug-likeness (QED) is 0.436. The summed E-state index contributed by atoms with van der Waals surface area (Å²) >= 11 is 0.